The number of nitrogens with two attached hydrogens (primary N) is 1. The van der Waals surface area contributed by atoms with Crippen LogP contribution >= 0.6 is 9.06 Å². The highest BCUT2D eigenvalue weighted by molar-refractivity contribution is 8.98. The summed E-state index contributed by atoms with van der Waals surface area (Å²) < 4.78 is 25.9. The summed E-state index contributed by atoms with van der Waals surface area (Å²) in [5, 5.41) is 0.266. The molecule has 0 fully saturated rings. The van der Waals surface area contributed by atoms with Gasteiger partial charge in [0.2, 0.25) is 0 Å². The molecule has 2 N–H and O–H groups in total. The molecule has 2 heterocycles. The predicted molar refractivity (Wildman–Crippen MR) is 88.0 cm³/mol. The summed E-state index contributed by atoms with van der Waals surface area (Å²) in [6, 6.07) is 7.53. The predicted octanol–water partition coefficient (Wildman–Crippen LogP) is 2.40. The molecule has 8 heteroatoms. The maximum Gasteiger partial charge on any atom is 0.167 e. The highest BCUT2D eigenvalue weighted by Gasteiger charge is 2.43. The van der Waals surface area contributed by atoms with Gasteiger partial charge in [0, 0.05) is 29.7 Å². The quantitative estimate of drug-likeness (QED) is 0.873. The molecule has 3 rings (SSSR count). The standard InChI is InChI=1S/C14H13FN4OS2/c1-21(20)22(11-5-3-10(15)4-6-11)12(9-19-14(22)16)13-17-7-2-8-18-13/h2-9H,1H3,(H2,16,19). The average Bonchev–Trinajstić information content (AvgIpc) is 2.87. The minimum atomic E-state index is -2.28. The zero-order valence-electron chi connectivity index (χ0n) is 11.6. The Balaban J connectivity index is 2.24. The van der Waals surface area contributed by atoms with E-state index in [4.69, 9.17) is 5.73 Å². The molecule has 0 spiro atoms. The molecule has 0 saturated carbocycles. The molecular formula is C14H13FN4OS2. The highest BCUT2D eigenvalue weighted by atomic mass is 33.2. The van der Waals surface area contributed by atoms with Crippen molar-refractivity contribution in [2.75, 3.05) is 6.26 Å². The fourth-order valence-corrected chi connectivity index (χ4v) is 8.13. The third-order valence-corrected chi connectivity index (χ3v) is 10.2. The Bertz CT molecular complexity index is 792. The molecule has 0 amide bonds. The molecule has 5 nitrogen and oxygen atoms in total. The van der Waals surface area contributed by atoms with Crippen LogP contribution in [0.15, 0.2) is 58.8 Å². The Kier molecular flexibility index (Phi) is 3.79. The van der Waals surface area contributed by atoms with Crippen LogP contribution in [-0.4, -0.2) is 25.6 Å². The van der Waals surface area contributed by atoms with Gasteiger partial charge in [-0.2, -0.15) is 0 Å². The van der Waals surface area contributed by atoms with Gasteiger partial charge in [0.05, 0.1) is 14.7 Å². The van der Waals surface area contributed by atoms with Crippen molar-refractivity contribution < 1.29 is 8.60 Å². The van der Waals surface area contributed by atoms with Gasteiger partial charge in [-0.1, -0.05) is 0 Å². The second-order valence-corrected chi connectivity index (χ2v) is 10.6. The monoisotopic (exact) mass is 336 g/mol. The summed E-state index contributed by atoms with van der Waals surface area (Å²) in [5.74, 6) is 0.0661. The smallest absolute Gasteiger partial charge is 0.167 e. The van der Waals surface area contributed by atoms with E-state index < -0.39 is 18.9 Å². The van der Waals surface area contributed by atoms with E-state index in [1.807, 2.05) is 0 Å². The molecule has 114 valence electrons. The first kappa shape index (κ1) is 14.9. The lowest BCUT2D eigenvalue weighted by molar-refractivity contribution is 0.626. The molecule has 2 atom stereocenters. The van der Waals surface area contributed by atoms with Crippen molar-refractivity contribution >= 4 is 29.0 Å². The number of nitrogens with zero attached hydrogens (tertiary/aromatic N) is 3. The molecule has 1 aromatic carbocycles. The van der Waals surface area contributed by atoms with Crippen LogP contribution in [-0.2, 0) is 9.83 Å². The molecule has 0 saturated heterocycles. The number of rotatable bonds is 3. The second-order valence-electron chi connectivity index (χ2n) is 4.44. The van der Waals surface area contributed by atoms with Crippen LogP contribution in [0.5, 0.6) is 0 Å². The van der Waals surface area contributed by atoms with Crippen molar-refractivity contribution in [3.63, 3.8) is 0 Å². The van der Waals surface area contributed by atoms with E-state index in [0.29, 0.717) is 15.6 Å². The van der Waals surface area contributed by atoms with Crippen molar-refractivity contribution in [1.29, 1.82) is 0 Å². The maximum absolute atomic E-state index is 13.2. The molecule has 1 aliphatic heterocycles. The van der Waals surface area contributed by atoms with Gasteiger partial charge in [-0.3, -0.25) is 0 Å². The molecule has 2 aromatic rings. The van der Waals surface area contributed by atoms with Gasteiger partial charge >= 0.3 is 0 Å². The van der Waals surface area contributed by atoms with Crippen molar-refractivity contribution in [3.05, 3.63) is 60.6 Å². The number of hydrogen-bond acceptors (Lipinski definition) is 5. The molecule has 1 aliphatic rings. The molecule has 0 radical (unpaired) electrons. The number of aromatic nitrogens is 2. The zero-order valence-corrected chi connectivity index (χ0v) is 13.3. The van der Waals surface area contributed by atoms with Crippen LogP contribution in [0, 0.1) is 5.82 Å². The summed E-state index contributed by atoms with van der Waals surface area (Å²) in [5.41, 5.74) is 6.11. The van der Waals surface area contributed by atoms with E-state index in [2.05, 4.69) is 15.0 Å². The Hall–Kier alpha value is -2.06. The van der Waals surface area contributed by atoms with Gasteiger partial charge in [0.15, 0.2) is 11.0 Å². The SMILES string of the molecule is CS(=O)S1(c2ccc(F)cc2)C(c2ncccn2)=CN=C1N. The van der Waals surface area contributed by atoms with Crippen LogP contribution in [0.3, 0.4) is 0 Å². The summed E-state index contributed by atoms with van der Waals surface area (Å²) in [6.45, 7) is 0. The molecule has 22 heavy (non-hydrogen) atoms. The van der Waals surface area contributed by atoms with E-state index in [-0.39, 0.29) is 11.0 Å². The third-order valence-electron chi connectivity index (χ3n) is 3.20. The van der Waals surface area contributed by atoms with Gasteiger partial charge < -0.3 is 5.73 Å². The van der Waals surface area contributed by atoms with E-state index in [1.165, 1.54) is 12.1 Å². The normalized spacial score (nSPS) is 25.0. The fourth-order valence-electron chi connectivity index (χ4n) is 2.25. The number of benzene rings is 1. The first-order valence-electron chi connectivity index (χ1n) is 6.30. The van der Waals surface area contributed by atoms with Gasteiger partial charge in [-0.15, -0.1) is 0 Å². The Morgan fingerprint density at radius 2 is 1.82 bits per heavy atom. The van der Waals surface area contributed by atoms with Crippen molar-refractivity contribution in [3.8, 4) is 0 Å². The van der Waals surface area contributed by atoms with Gasteiger partial charge in [-0.05, 0) is 39.4 Å². The van der Waals surface area contributed by atoms with E-state index >= 15 is 0 Å². The van der Waals surface area contributed by atoms with Crippen molar-refractivity contribution in [1.82, 2.24) is 9.97 Å². The fraction of sp³-hybridized carbons (Fsp3) is 0.0714. The first-order valence-corrected chi connectivity index (χ1v) is 10.0. The number of amidine groups is 1. The van der Waals surface area contributed by atoms with E-state index in [0.717, 1.165) is 0 Å². The maximum atomic E-state index is 13.2. The molecule has 0 bridgehead atoms. The second kappa shape index (κ2) is 5.62. The van der Waals surface area contributed by atoms with Crippen molar-refractivity contribution in [2.45, 2.75) is 4.90 Å². The number of aliphatic imine (C=N–C) groups is 1. The largest absolute Gasteiger partial charge is 0.378 e. The topological polar surface area (TPSA) is 81.2 Å². The first-order chi connectivity index (χ1) is 10.6. The van der Waals surface area contributed by atoms with Crippen LogP contribution in [0.2, 0.25) is 0 Å². The molecule has 1 aromatic heterocycles. The highest BCUT2D eigenvalue weighted by Crippen LogP contribution is 2.69. The zero-order chi connectivity index (χ0) is 15.7. The van der Waals surface area contributed by atoms with E-state index in [9.17, 15) is 8.60 Å². The van der Waals surface area contributed by atoms with Crippen LogP contribution in [0.25, 0.3) is 4.91 Å². The summed E-state index contributed by atoms with van der Waals surface area (Å²) in [7, 11) is -3.64. The summed E-state index contributed by atoms with van der Waals surface area (Å²) >= 11 is 0. The molecule has 2 unspecified atom stereocenters. The minimum Gasteiger partial charge on any atom is -0.378 e. The number of halogens is 1. The van der Waals surface area contributed by atoms with Gasteiger partial charge in [0.25, 0.3) is 0 Å². The van der Waals surface area contributed by atoms with Gasteiger partial charge in [-0.25, -0.2) is 23.6 Å². The van der Waals surface area contributed by atoms with Crippen molar-refractivity contribution in [2.24, 2.45) is 10.7 Å². The number of hydrogen-bond donors (Lipinski definition) is 1. The minimum absolute atomic E-state index is 0.266. The lowest BCUT2D eigenvalue weighted by Crippen LogP contribution is -2.23. The third kappa shape index (κ3) is 2.15. The Morgan fingerprint density at radius 1 is 1.18 bits per heavy atom. The lowest BCUT2D eigenvalue weighted by Gasteiger charge is -2.35. The van der Waals surface area contributed by atoms with E-state index in [1.54, 1.807) is 43.0 Å². The Morgan fingerprint density at radius 3 is 2.41 bits per heavy atom. The van der Waals surface area contributed by atoms with Gasteiger partial charge in [0.1, 0.15) is 5.82 Å². The molecule has 0 aliphatic carbocycles. The summed E-state index contributed by atoms with van der Waals surface area (Å²) in [4.78, 5) is 13.9. The summed E-state index contributed by atoms with van der Waals surface area (Å²) in [6.07, 6.45) is 6.34. The van der Waals surface area contributed by atoms with Crippen LogP contribution in [0.1, 0.15) is 5.82 Å². The lowest BCUT2D eigenvalue weighted by atomic mass is 10.4. The average molecular weight is 336 g/mol. The Labute approximate surface area is 130 Å². The van der Waals surface area contributed by atoms with Crippen LogP contribution < -0.4 is 5.73 Å². The molecular weight excluding hydrogens is 323 g/mol. The van der Waals surface area contributed by atoms with Crippen LogP contribution in [0.4, 0.5) is 4.39 Å².